The molecule has 0 radical (unpaired) electrons. The molecule has 0 aliphatic rings. The lowest BCUT2D eigenvalue weighted by Gasteiger charge is -2.40. The van der Waals surface area contributed by atoms with Crippen LogP contribution in [-0.2, 0) is 52.7 Å². The Labute approximate surface area is 531 Å². The molecule has 10 amide bonds. The van der Waals surface area contributed by atoms with E-state index in [4.69, 9.17) is 0 Å². The van der Waals surface area contributed by atoms with Crippen LogP contribution < -0.4 is 31.9 Å². The van der Waals surface area contributed by atoms with Crippen molar-refractivity contribution in [2.24, 2.45) is 41.4 Å². The van der Waals surface area contributed by atoms with Crippen LogP contribution in [0.25, 0.3) is 0 Å². The normalized spacial score (nSPS) is 16.9. The molecule has 0 aliphatic heterocycles. The second kappa shape index (κ2) is 39.1. The van der Waals surface area contributed by atoms with Gasteiger partial charge in [0.2, 0.25) is 59.1 Å². The zero-order valence-corrected chi connectivity index (χ0v) is 58.2. The van der Waals surface area contributed by atoms with Crippen LogP contribution in [0.4, 0.5) is 0 Å². The molecule has 0 aromatic heterocycles. The van der Waals surface area contributed by atoms with Crippen molar-refractivity contribution in [3.05, 3.63) is 12.2 Å². The van der Waals surface area contributed by atoms with Crippen LogP contribution in [-0.4, -0.2) is 226 Å². The SMILES string of the molecule is C/C=C/C[C@@H](C)[C@@H](O)[C@@H](C(=O)N[C@H](C(=O)O)C(C)O)N(C)C(=O)[C@H](C(C)C)N(C)C(=O)[C@H](CC(C)C)NC(=O)[C@H](CC(C)C)N(C)C(=O)[C@@H](C)NC(=O)[C@H](C)NC(=O)[C@H](CC(C)C)N(C)C(=O)[C@H](CC(C)C)NC(=O)[C@H](C(C)CC)N(C)C(=O)[C@@H](CC)NC. The molecule has 0 fully saturated rings. The maximum absolute atomic E-state index is 14.8. The zero-order valence-electron chi connectivity index (χ0n) is 58.2. The number of hydrogen-bond donors (Lipinski definition) is 9. The van der Waals surface area contributed by atoms with Gasteiger partial charge in [-0.3, -0.25) is 47.9 Å². The molecule has 512 valence electrons. The van der Waals surface area contributed by atoms with Gasteiger partial charge in [0.1, 0.15) is 54.4 Å². The zero-order chi connectivity index (χ0) is 69.4. The minimum absolute atomic E-state index is 0.0718. The van der Waals surface area contributed by atoms with Crippen LogP contribution in [0.1, 0.15) is 170 Å². The molecule has 25 nitrogen and oxygen atoms in total. The van der Waals surface area contributed by atoms with Gasteiger partial charge in [0.15, 0.2) is 6.04 Å². The quantitative estimate of drug-likeness (QED) is 0.0400. The lowest BCUT2D eigenvalue weighted by molar-refractivity contribution is -0.155. The summed E-state index contributed by atoms with van der Waals surface area (Å²) in [5, 5.41) is 48.0. The highest BCUT2D eigenvalue weighted by Gasteiger charge is 2.45. The first kappa shape index (κ1) is 82.8. The van der Waals surface area contributed by atoms with Crippen molar-refractivity contribution in [3.8, 4) is 0 Å². The van der Waals surface area contributed by atoms with Gasteiger partial charge >= 0.3 is 5.97 Å². The number of carbonyl (C=O) groups excluding carboxylic acids is 10. The number of nitrogens with one attached hydrogen (secondary N) is 6. The van der Waals surface area contributed by atoms with Gasteiger partial charge in [-0.2, -0.15) is 0 Å². The number of aliphatic carboxylic acids is 1. The van der Waals surface area contributed by atoms with Gasteiger partial charge < -0.3 is 71.7 Å². The molecule has 89 heavy (non-hydrogen) atoms. The van der Waals surface area contributed by atoms with Crippen molar-refractivity contribution in [1.82, 2.24) is 56.4 Å². The molecule has 15 atom stereocenters. The first-order chi connectivity index (χ1) is 41.1. The average molecular weight is 1260 g/mol. The minimum atomic E-state index is -1.78. The molecular weight excluding hydrogens is 1150 g/mol. The van der Waals surface area contributed by atoms with Crippen LogP contribution >= 0.6 is 0 Å². The van der Waals surface area contributed by atoms with E-state index >= 15 is 0 Å². The van der Waals surface area contributed by atoms with Gasteiger partial charge in [-0.25, -0.2) is 4.79 Å². The second-order valence-electron chi connectivity index (χ2n) is 26.4. The number of amides is 10. The minimum Gasteiger partial charge on any atom is -0.480 e. The van der Waals surface area contributed by atoms with Gasteiger partial charge in [0.25, 0.3) is 0 Å². The molecule has 0 rings (SSSR count). The number of carboxylic acids is 1. The Morgan fingerprint density at radius 3 is 1.22 bits per heavy atom. The number of allylic oxidation sites excluding steroid dienone is 2. The molecule has 0 saturated heterocycles. The summed E-state index contributed by atoms with van der Waals surface area (Å²) in [6.45, 7) is 31.3. The Bertz CT molecular complexity index is 2360. The van der Waals surface area contributed by atoms with Crippen LogP contribution in [0, 0.1) is 41.4 Å². The van der Waals surface area contributed by atoms with E-state index in [2.05, 4.69) is 31.9 Å². The highest BCUT2D eigenvalue weighted by atomic mass is 16.4. The van der Waals surface area contributed by atoms with E-state index in [0.29, 0.717) is 12.8 Å². The van der Waals surface area contributed by atoms with Crippen molar-refractivity contribution in [1.29, 1.82) is 0 Å². The Morgan fingerprint density at radius 1 is 0.427 bits per heavy atom. The number of nitrogens with zero attached hydrogens (tertiary/aromatic N) is 5. The first-order valence-corrected chi connectivity index (χ1v) is 31.8. The Kier molecular flexibility index (Phi) is 36.4. The van der Waals surface area contributed by atoms with Gasteiger partial charge in [-0.05, 0) is 115 Å². The molecule has 0 heterocycles. The smallest absolute Gasteiger partial charge is 0.328 e. The fraction of sp³-hybridized carbons (Fsp3) is 0.797. The molecule has 0 bridgehead atoms. The topological polar surface area (TPSA) is 337 Å². The second-order valence-corrected chi connectivity index (χ2v) is 26.4. The molecule has 0 aromatic rings. The summed E-state index contributed by atoms with van der Waals surface area (Å²) in [6, 6.07) is -13.3. The maximum atomic E-state index is 14.8. The predicted octanol–water partition coefficient (Wildman–Crippen LogP) is 2.90. The molecule has 0 aliphatic carbocycles. The number of carbonyl (C=O) groups is 11. The third kappa shape index (κ3) is 25.2. The van der Waals surface area contributed by atoms with Crippen LogP contribution in [0.3, 0.4) is 0 Å². The third-order valence-corrected chi connectivity index (χ3v) is 16.4. The Morgan fingerprint density at radius 2 is 0.820 bits per heavy atom. The lowest BCUT2D eigenvalue weighted by atomic mass is 9.91. The van der Waals surface area contributed by atoms with Crippen molar-refractivity contribution in [3.63, 3.8) is 0 Å². The number of aliphatic hydroxyl groups is 2. The standard InChI is InChI=1S/C64H117N11O14/c1-25-28-29-40(15)53(77)52(58(82)70-49(43(18)76)64(88)89)75(24)63(87)50(38(12)13)73(22)62(86)46(31-35(6)7)68-56(80)48(33-37(10)11)71(20)59(83)42(17)67-54(78)41(16)66-55(79)47(32-36(8)9)72(21)61(85)45(30-34(4)5)69-57(81)51(39(14)26-2)74(23)60(84)44(27-3)65-19/h25,28,34-53,65,76-77H,26-27,29-33H2,1-24H3,(H,66,79)(H,67,78)(H,68,80)(H,69,81)(H,70,82)(H,88,89)/b28-25+/t39?,40-,41+,42-,43?,44-,45+,46+,47+,48+,49+,50+,51+,52+,53-/m1/s1. The van der Waals surface area contributed by atoms with Crippen LogP contribution in [0.15, 0.2) is 12.2 Å². The number of hydrogen-bond acceptors (Lipinski definition) is 14. The summed E-state index contributed by atoms with van der Waals surface area (Å²) in [5.74, 6) is -10.3. The van der Waals surface area contributed by atoms with E-state index in [1.165, 1.54) is 63.7 Å². The summed E-state index contributed by atoms with van der Waals surface area (Å²) in [6.07, 6.45) is 2.36. The van der Waals surface area contributed by atoms with Crippen molar-refractivity contribution in [2.75, 3.05) is 42.3 Å². The summed E-state index contributed by atoms with van der Waals surface area (Å²) >= 11 is 0. The fourth-order valence-electron chi connectivity index (χ4n) is 10.9. The van der Waals surface area contributed by atoms with E-state index in [1.54, 1.807) is 53.9 Å². The highest BCUT2D eigenvalue weighted by molar-refractivity contribution is 5.99. The van der Waals surface area contributed by atoms with Crippen LogP contribution in [0.2, 0.25) is 0 Å². The number of likely N-dealkylation sites (N-methyl/N-ethyl adjacent to an activating group) is 6. The van der Waals surface area contributed by atoms with E-state index in [0.717, 1.165) is 9.80 Å². The maximum Gasteiger partial charge on any atom is 0.328 e. The van der Waals surface area contributed by atoms with Gasteiger partial charge in [0.05, 0.1) is 18.2 Å². The fourth-order valence-corrected chi connectivity index (χ4v) is 10.9. The van der Waals surface area contributed by atoms with Gasteiger partial charge in [-0.15, -0.1) is 0 Å². The predicted molar refractivity (Wildman–Crippen MR) is 343 cm³/mol. The molecular formula is C64H117N11O14. The molecule has 0 spiro atoms. The first-order valence-electron chi connectivity index (χ1n) is 31.8. The average Bonchev–Trinajstić information content (AvgIpc) is 1.84. The van der Waals surface area contributed by atoms with Gasteiger partial charge in [-0.1, -0.05) is 116 Å². The number of carboxylic acid groups (broad SMARTS) is 1. The summed E-state index contributed by atoms with van der Waals surface area (Å²) in [5.41, 5.74) is 0. The molecule has 0 aromatic carbocycles. The summed E-state index contributed by atoms with van der Waals surface area (Å²) in [7, 11) is 8.74. The molecule has 9 N–H and O–H groups in total. The highest BCUT2D eigenvalue weighted by Crippen LogP contribution is 2.24. The van der Waals surface area contributed by atoms with Crippen LogP contribution in [0.5, 0.6) is 0 Å². The lowest BCUT2D eigenvalue weighted by Crippen LogP contribution is -2.63. The van der Waals surface area contributed by atoms with E-state index in [1.807, 2.05) is 76.2 Å². The number of rotatable bonds is 39. The molecule has 25 heteroatoms. The number of aliphatic hydroxyl groups excluding tert-OH is 2. The summed E-state index contributed by atoms with van der Waals surface area (Å²) in [4.78, 5) is 161. The monoisotopic (exact) mass is 1260 g/mol. The van der Waals surface area contributed by atoms with E-state index in [9.17, 15) is 68.1 Å². The molecule has 2 unspecified atom stereocenters. The Hall–Kier alpha value is -6.21. The largest absolute Gasteiger partial charge is 0.480 e. The van der Waals surface area contributed by atoms with E-state index < -0.39 is 150 Å². The van der Waals surface area contributed by atoms with E-state index in [-0.39, 0.29) is 67.6 Å². The van der Waals surface area contributed by atoms with Crippen molar-refractivity contribution < 1.29 is 68.1 Å². The van der Waals surface area contributed by atoms with Crippen molar-refractivity contribution in [2.45, 2.75) is 248 Å². The van der Waals surface area contributed by atoms with Gasteiger partial charge in [0, 0.05) is 35.2 Å². The third-order valence-electron chi connectivity index (χ3n) is 16.4. The Balaban J connectivity index is 6.88. The van der Waals surface area contributed by atoms with Crippen molar-refractivity contribution >= 4 is 65.0 Å². The summed E-state index contributed by atoms with van der Waals surface area (Å²) < 4.78 is 0. The molecule has 0 saturated carbocycles.